The van der Waals surface area contributed by atoms with Crippen LogP contribution in [0.5, 0.6) is 0 Å². The van der Waals surface area contributed by atoms with E-state index in [9.17, 15) is 14.0 Å². The molecule has 3 aromatic rings. The first-order valence-electron chi connectivity index (χ1n) is 9.88. The van der Waals surface area contributed by atoms with E-state index in [1.165, 1.54) is 23.5 Å². The van der Waals surface area contributed by atoms with Crippen molar-refractivity contribution < 1.29 is 14.0 Å². The third kappa shape index (κ3) is 4.73. The van der Waals surface area contributed by atoms with Crippen LogP contribution < -0.4 is 10.2 Å². The lowest BCUT2D eigenvalue weighted by Crippen LogP contribution is -2.48. The van der Waals surface area contributed by atoms with Gasteiger partial charge in [0, 0.05) is 31.9 Å². The van der Waals surface area contributed by atoms with Crippen molar-refractivity contribution in [3.8, 4) is 0 Å². The maximum Gasteiger partial charge on any atom is 0.264 e. The smallest absolute Gasteiger partial charge is 0.264 e. The molecule has 0 atom stereocenters. The SMILES string of the molecule is Cc1cc(NC(=O)c2ccc(F)cc2Cl)sc1C(=O)N1CCN(c2ccccc2)CC1. The van der Waals surface area contributed by atoms with E-state index in [2.05, 4.69) is 22.3 Å². The van der Waals surface area contributed by atoms with E-state index in [0.29, 0.717) is 23.0 Å². The number of aryl methyl sites for hydroxylation is 1. The molecule has 1 fully saturated rings. The minimum absolute atomic E-state index is 0.0319. The van der Waals surface area contributed by atoms with Gasteiger partial charge in [-0.3, -0.25) is 9.59 Å². The van der Waals surface area contributed by atoms with Crippen molar-refractivity contribution in [3.05, 3.63) is 81.4 Å². The molecule has 1 saturated heterocycles. The predicted octanol–water partition coefficient (Wildman–Crippen LogP) is 5.06. The molecular weight excluding hydrogens is 437 g/mol. The summed E-state index contributed by atoms with van der Waals surface area (Å²) >= 11 is 7.21. The largest absolute Gasteiger partial charge is 0.368 e. The fourth-order valence-electron chi connectivity index (χ4n) is 3.56. The van der Waals surface area contributed by atoms with Crippen molar-refractivity contribution >= 4 is 45.4 Å². The molecule has 2 amide bonds. The van der Waals surface area contributed by atoms with Gasteiger partial charge in [0.15, 0.2) is 0 Å². The standard InChI is InChI=1S/C23H21ClFN3O2S/c1-15-13-20(26-22(29)18-8-7-16(25)14-19(18)24)31-21(15)23(30)28-11-9-27(10-12-28)17-5-3-2-4-6-17/h2-8,13-14H,9-12H2,1H3,(H,26,29). The van der Waals surface area contributed by atoms with E-state index in [1.807, 2.05) is 30.0 Å². The van der Waals surface area contributed by atoms with Crippen LogP contribution >= 0.6 is 22.9 Å². The molecule has 4 rings (SSSR count). The fourth-order valence-corrected chi connectivity index (χ4v) is 4.85. The number of nitrogens with zero attached hydrogens (tertiary/aromatic N) is 2. The highest BCUT2D eigenvalue weighted by Gasteiger charge is 2.25. The topological polar surface area (TPSA) is 52.7 Å². The number of thiophene rings is 1. The average Bonchev–Trinajstić information content (AvgIpc) is 3.13. The number of hydrogen-bond acceptors (Lipinski definition) is 4. The molecule has 0 saturated carbocycles. The lowest BCUT2D eigenvalue weighted by molar-refractivity contribution is 0.0751. The quantitative estimate of drug-likeness (QED) is 0.595. The third-order valence-corrected chi connectivity index (χ3v) is 6.67. The minimum Gasteiger partial charge on any atom is -0.368 e. The molecular formula is C23H21ClFN3O2S. The van der Waals surface area contributed by atoms with Crippen LogP contribution in [0, 0.1) is 12.7 Å². The number of amides is 2. The highest BCUT2D eigenvalue weighted by molar-refractivity contribution is 7.18. The van der Waals surface area contributed by atoms with Crippen molar-refractivity contribution in [3.63, 3.8) is 0 Å². The van der Waals surface area contributed by atoms with Crippen LogP contribution in [0.3, 0.4) is 0 Å². The lowest BCUT2D eigenvalue weighted by atomic mass is 10.2. The van der Waals surface area contributed by atoms with Gasteiger partial charge in [0.05, 0.1) is 20.5 Å². The number of carbonyl (C=O) groups excluding carboxylic acids is 2. The predicted molar refractivity (Wildman–Crippen MR) is 123 cm³/mol. The van der Waals surface area contributed by atoms with E-state index >= 15 is 0 Å². The van der Waals surface area contributed by atoms with E-state index in [-0.39, 0.29) is 16.5 Å². The maximum atomic E-state index is 13.2. The Morgan fingerprint density at radius 3 is 2.42 bits per heavy atom. The molecule has 5 nitrogen and oxygen atoms in total. The summed E-state index contributed by atoms with van der Waals surface area (Å²) in [6, 6.07) is 15.5. The Hall–Kier alpha value is -2.90. The third-order valence-electron chi connectivity index (χ3n) is 5.21. The Labute approximate surface area is 189 Å². The number of hydrogen-bond donors (Lipinski definition) is 1. The molecule has 31 heavy (non-hydrogen) atoms. The first-order chi connectivity index (χ1) is 14.9. The second kappa shape index (κ2) is 9.08. The molecule has 1 aliphatic heterocycles. The second-order valence-electron chi connectivity index (χ2n) is 7.32. The number of carbonyl (C=O) groups is 2. The molecule has 2 aromatic carbocycles. The van der Waals surface area contributed by atoms with Crippen LogP contribution in [0.2, 0.25) is 5.02 Å². The molecule has 0 radical (unpaired) electrons. The zero-order chi connectivity index (χ0) is 22.0. The van der Waals surface area contributed by atoms with Gasteiger partial charge in [0.2, 0.25) is 0 Å². The summed E-state index contributed by atoms with van der Waals surface area (Å²) in [6.07, 6.45) is 0. The summed E-state index contributed by atoms with van der Waals surface area (Å²) in [5, 5.41) is 3.35. The summed E-state index contributed by atoms with van der Waals surface area (Å²) in [7, 11) is 0. The number of para-hydroxylation sites is 1. The molecule has 1 N–H and O–H groups in total. The van der Waals surface area contributed by atoms with Crippen molar-refractivity contribution in [2.45, 2.75) is 6.92 Å². The number of anilines is 2. The molecule has 0 bridgehead atoms. The molecule has 1 aliphatic rings. The van der Waals surface area contributed by atoms with Crippen molar-refractivity contribution in [1.82, 2.24) is 4.90 Å². The van der Waals surface area contributed by atoms with Crippen LogP contribution in [0.25, 0.3) is 0 Å². The summed E-state index contributed by atoms with van der Waals surface area (Å²) in [4.78, 5) is 30.3. The van der Waals surface area contributed by atoms with Crippen LogP contribution in [0.1, 0.15) is 25.6 Å². The Morgan fingerprint density at radius 1 is 1.03 bits per heavy atom. The van der Waals surface area contributed by atoms with Gasteiger partial charge in [-0.05, 0) is 48.9 Å². The molecule has 2 heterocycles. The van der Waals surface area contributed by atoms with Gasteiger partial charge in [-0.15, -0.1) is 11.3 Å². The summed E-state index contributed by atoms with van der Waals surface area (Å²) < 4.78 is 13.2. The van der Waals surface area contributed by atoms with Crippen LogP contribution in [-0.2, 0) is 0 Å². The Kier molecular flexibility index (Phi) is 6.25. The molecule has 0 spiro atoms. The first kappa shape index (κ1) is 21.3. The zero-order valence-electron chi connectivity index (χ0n) is 16.9. The van der Waals surface area contributed by atoms with Gasteiger partial charge in [-0.25, -0.2) is 4.39 Å². The minimum atomic E-state index is -0.506. The lowest BCUT2D eigenvalue weighted by Gasteiger charge is -2.36. The number of halogens is 2. The van der Waals surface area contributed by atoms with Gasteiger partial charge < -0.3 is 15.1 Å². The van der Waals surface area contributed by atoms with E-state index < -0.39 is 11.7 Å². The zero-order valence-corrected chi connectivity index (χ0v) is 18.5. The van der Waals surface area contributed by atoms with Crippen LogP contribution in [0.15, 0.2) is 54.6 Å². The average molecular weight is 458 g/mol. The van der Waals surface area contributed by atoms with E-state index in [1.54, 1.807) is 6.07 Å². The Bertz CT molecular complexity index is 1110. The second-order valence-corrected chi connectivity index (χ2v) is 8.78. The first-order valence-corrected chi connectivity index (χ1v) is 11.1. The summed E-state index contributed by atoms with van der Waals surface area (Å²) in [6.45, 7) is 4.67. The number of rotatable bonds is 4. The maximum absolute atomic E-state index is 13.2. The van der Waals surface area contributed by atoms with Gasteiger partial charge >= 0.3 is 0 Å². The van der Waals surface area contributed by atoms with Crippen molar-refractivity contribution in [1.29, 1.82) is 0 Å². The number of nitrogens with one attached hydrogen (secondary N) is 1. The summed E-state index contributed by atoms with van der Waals surface area (Å²) in [5.41, 5.74) is 2.14. The van der Waals surface area contributed by atoms with Crippen LogP contribution in [0.4, 0.5) is 15.1 Å². The number of piperazine rings is 1. The molecule has 1 aromatic heterocycles. The normalized spacial score (nSPS) is 13.9. The molecule has 8 heteroatoms. The van der Waals surface area contributed by atoms with Gasteiger partial charge in [-0.1, -0.05) is 29.8 Å². The molecule has 0 unspecified atom stereocenters. The summed E-state index contributed by atoms with van der Waals surface area (Å²) in [5.74, 6) is -0.981. The van der Waals surface area contributed by atoms with E-state index in [4.69, 9.17) is 11.6 Å². The Balaban J connectivity index is 1.41. The van der Waals surface area contributed by atoms with Crippen LogP contribution in [-0.4, -0.2) is 42.9 Å². The monoisotopic (exact) mass is 457 g/mol. The number of benzene rings is 2. The van der Waals surface area contributed by atoms with Gasteiger partial charge in [0.1, 0.15) is 5.82 Å². The van der Waals surface area contributed by atoms with Crippen molar-refractivity contribution in [2.24, 2.45) is 0 Å². The molecule has 0 aliphatic carbocycles. The van der Waals surface area contributed by atoms with Crippen molar-refractivity contribution in [2.75, 3.05) is 36.4 Å². The van der Waals surface area contributed by atoms with Gasteiger partial charge in [-0.2, -0.15) is 0 Å². The molecule has 160 valence electrons. The Morgan fingerprint density at radius 2 is 1.74 bits per heavy atom. The highest BCUT2D eigenvalue weighted by Crippen LogP contribution is 2.29. The highest BCUT2D eigenvalue weighted by atomic mass is 35.5. The van der Waals surface area contributed by atoms with E-state index in [0.717, 1.165) is 30.4 Å². The fraction of sp³-hybridized carbons (Fsp3) is 0.217. The van der Waals surface area contributed by atoms with Gasteiger partial charge in [0.25, 0.3) is 11.8 Å².